The summed E-state index contributed by atoms with van der Waals surface area (Å²) in [7, 11) is 0. The van der Waals surface area contributed by atoms with Gasteiger partial charge in [0.1, 0.15) is 6.29 Å². The van der Waals surface area contributed by atoms with E-state index in [0.717, 1.165) is 12.8 Å². The normalized spacial score (nSPS) is 22.1. The van der Waals surface area contributed by atoms with Crippen LogP contribution in [0.25, 0.3) is 0 Å². The molecule has 1 heterocycles. The number of nitrogens with one attached hydrogen (secondary N) is 2. The Balaban J connectivity index is 2.45. The molecule has 1 saturated heterocycles. The number of carbonyl (C=O) groups is 3. The minimum atomic E-state index is -0.620. The summed E-state index contributed by atoms with van der Waals surface area (Å²) in [5.41, 5.74) is 5.13. The SMILES string of the molecule is NCC(=O)N[C@H](C=O)C[C@@H]1CCCNC1=O. The number of aldehydes is 1. The minimum Gasteiger partial charge on any atom is -0.356 e. The fourth-order valence-corrected chi connectivity index (χ4v) is 1.78. The number of amides is 2. The van der Waals surface area contributed by atoms with Gasteiger partial charge in [0.25, 0.3) is 0 Å². The van der Waals surface area contributed by atoms with Crippen LogP contribution in [0.1, 0.15) is 19.3 Å². The molecule has 16 heavy (non-hydrogen) atoms. The maximum Gasteiger partial charge on any atom is 0.234 e. The molecule has 0 unspecified atom stereocenters. The second-order valence-corrected chi connectivity index (χ2v) is 3.88. The van der Waals surface area contributed by atoms with Crippen molar-refractivity contribution in [3.63, 3.8) is 0 Å². The predicted molar refractivity (Wildman–Crippen MR) is 57.4 cm³/mol. The number of rotatable bonds is 5. The molecular weight excluding hydrogens is 210 g/mol. The maximum atomic E-state index is 11.4. The Bertz CT molecular complexity index is 280. The zero-order valence-electron chi connectivity index (χ0n) is 9.07. The van der Waals surface area contributed by atoms with Crippen molar-refractivity contribution in [3.8, 4) is 0 Å². The van der Waals surface area contributed by atoms with E-state index in [4.69, 9.17) is 5.73 Å². The molecule has 1 aliphatic rings. The Kier molecular flexibility index (Phi) is 4.91. The summed E-state index contributed by atoms with van der Waals surface area (Å²) in [4.78, 5) is 33.2. The van der Waals surface area contributed by atoms with Crippen molar-refractivity contribution < 1.29 is 14.4 Å². The van der Waals surface area contributed by atoms with Crippen LogP contribution in [0.15, 0.2) is 0 Å². The van der Waals surface area contributed by atoms with Gasteiger partial charge in [0.2, 0.25) is 11.8 Å². The lowest BCUT2D eigenvalue weighted by Crippen LogP contribution is -2.44. The zero-order chi connectivity index (χ0) is 12.0. The van der Waals surface area contributed by atoms with Gasteiger partial charge in [-0.15, -0.1) is 0 Å². The molecule has 0 bridgehead atoms. The summed E-state index contributed by atoms with van der Waals surface area (Å²) in [5, 5.41) is 5.21. The van der Waals surface area contributed by atoms with Crippen LogP contribution in [0, 0.1) is 5.92 Å². The first-order valence-corrected chi connectivity index (χ1v) is 5.39. The van der Waals surface area contributed by atoms with E-state index < -0.39 is 6.04 Å². The monoisotopic (exact) mass is 227 g/mol. The highest BCUT2D eigenvalue weighted by molar-refractivity contribution is 5.82. The van der Waals surface area contributed by atoms with Crippen molar-refractivity contribution in [2.45, 2.75) is 25.3 Å². The Hall–Kier alpha value is -1.43. The summed E-state index contributed by atoms with van der Waals surface area (Å²) >= 11 is 0. The van der Waals surface area contributed by atoms with E-state index in [0.29, 0.717) is 19.3 Å². The molecule has 0 aliphatic carbocycles. The first kappa shape index (κ1) is 12.6. The molecule has 0 saturated carbocycles. The second kappa shape index (κ2) is 6.22. The van der Waals surface area contributed by atoms with Gasteiger partial charge in [0, 0.05) is 12.5 Å². The van der Waals surface area contributed by atoms with E-state index in [9.17, 15) is 14.4 Å². The van der Waals surface area contributed by atoms with Crippen LogP contribution in [0.2, 0.25) is 0 Å². The van der Waals surface area contributed by atoms with Gasteiger partial charge in [-0.1, -0.05) is 0 Å². The Morgan fingerprint density at radius 3 is 3.00 bits per heavy atom. The van der Waals surface area contributed by atoms with Crippen molar-refractivity contribution in [2.24, 2.45) is 11.7 Å². The lowest BCUT2D eigenvalue weighted by molar-refractivity contribution is -0.128. The second-order valence-electron chi connectivity index (χ2n) is 3.88. The number of piperidine rings is 1. The van der Waals surface area contributed by atoms with Gasteiger partial charge in [-0.05, 0) is 19.3 Å². The summed E-state index contributed by atoms with van der Waals surface area (Å²) < 4.78 is 0. The van der Waals surface area contributed by atoms with Crippen molar-refractivity contribution in [1.29, 1.82) is 0 Å². The maximum absolute atomic E-state index is 11.4. The van der Waals surface area contributed by atoms with Crippen LogP contribution in [-0.2, 0) is 14.4 Å². The lowest BCUT2D eigenvalue weighted by atomic mass is 9.92. The zero-order valence-corrected chi connectivity index (χ0v) is 9.07. The van der Waals surface area contributed by atoms with Gasteiger partial charge < -0.3 is 21.2 Å². The molecule has 1 fully saturated rings. The lowest BCUT2D eigenvalue weighted by Gasteiger charge is -2.24. The van der Waals surface area contributed by atoms with E-state index in [1.54, 1.807) is 0 Å². The molecule has 1 aliphatic heterocycles. The Labute approximate surface area is 93.9 Å². The number of hydrogen-bond donors (Lipinski definition) is 3. The number of carbonyl (C=O) groups excluding carboxylic acids is 3. The predicted octanol–water partition coefficient (Wildman–Crippen LogP) is -1.45. The standard InChI is InChI=1S/C10H17N3O3/c11-5-9(15)13-8(6-14)4-7-2-1-3-12-10(7)16/h6-8H,1-5,11H2,(H,12,16)(H,13,15)/t7-,8-/m0/s1. The molecule has 1 rings (SSSR count). The average molecular weight is 227 g/mol. The van der Waals surface area contributed by atoms with Crippen molar-refractivity contribution in [2.75, 3.05) is 13.1 Å². The Morgan fingerprint density at radius 2 is 2.44 bits per heavy atom. The summed E-state index contributed by atoms with van der Waals surface area (Å²) in [6.45, 7) is 0.539. The fourth-order valence-electron chi connectivity index (χ4n) is 1.78. The van der Waals surface area contributed by atoms with E-state index in [1.807, 2.05) is 0 Å². The topological polar surface area (TPSA) is 101 Å². The smallest absolute Gasteiger partial charge is 0.234 e. The van der Waals surface area contributed by atoms with Crippen LogP contribution >= 0.6 is 0 Å². The summed E-state index contributed by atoms with van der Waals surface area (Å²) in [5.74, 6) is -0.615. The van der Waals surface area contributed by atoms with Gasteiger partial charge in [0.05, 0.1) is 12.6 Å². The molecule has 0 aromatic heterocycles. The van der Waals surface area contributed by atoms with Gasteiger partial charge in [-0.25, -0.2) is 0 Å². The average Bonchev–Trinajstić information content (AvgIpc) is 2.30. The molecule has 0 spiro atoms. The summed E-state index contributed by atoms with van der Waals surface area (Å²) in [6, 6.07) is -0.620. The molecule has 6 heteroatoms. The minimum absolute atomic E-state index is 0.0416. The number of nitrogens with two attached hydrogens (primary N) is 1. The van der Waals surface area contributed by atoms with E-state index in [-0.39, 0.29) is 24.3 Å². The quantitative estimate of drug-likeness (QED) is 0.500. The van der Waals surface area contributed by atoms with Crippen molar-refractivity contribution >= 4 is 18.1 Å². The molecule has 0 radical (unpaired) electrons. The van der Waals surface area contributed by atoms with E-state index >= 15 is 0 Å². The van der Waals surface area contributed by atoms with Crippen molar-refractivity contribution in [1.82, 2.24) is 10.6 Å². The Morgan fingerprint density at radius 1 is 1.69 bits per heavy atom. The van der Waals surface area contributed by atoms with Gasteiger partial charge in [0.15, 0.2) is 0 Å². The molecule has 90 valence electrons. The van der Waals surface area contributed by atoms with Gasteiger partial charge in [-0.3, -0.25) is 9.59 Å². The fraction of sp³-hybridized carbons (Fsp3) is 0.700. The summed E-state index contributed by atoms with van der Waals surface area (Å²) in [6.07, 6.45) is 2.66. The number of hydrogen-bond acceptors (Lipinski definition) is 4. The van der Waals surface area contributed by atoms with Crippen LogP contribution in [0.5, 0.6) is 0 Å². The van der Waals surface area contributed by atoms with Crippen LogP contribution in [-0.4, -0.2) is 37.2 Å². The molecule has 0 aromatic rings. The van der Waals surface area contributed by atoms with Crippen LogP contribution in [0.3, 0.4) is 0 Å². The molecule has 0 aromatic carbocycles. The largest absolute Gasteiger partial charge is 0.356 e. The van der Waals surface area contributed by atoms with E-state index in [2.05, 4.69) is 10.6 Å². The van der Waals surface area contributed by atoms with Crippen LogP contribution < -0.4 is 16.4 Å². The molecule has 6 nitrogen and oxygen atoms in total. The first-order chi connectivity index (χ1) is 7.67. The van der Waals surface area contributed by atoms with Crippen LogP contribution in [0.4, 0.5) is 0 Å². The highest BCUT2D eigenvalue weighted by Gasteiger charge is 2.25. The third-order valence-corrected chi connectivity index (χ3v) is 2.63. The van der Waals surface area contributed by atoms with Crippen molar-refractivity contribution in [3.05, 3.63) is 0 Å². The molecular formula is C10H17N3O3. The molecule has 2 atom stereocenters. The molecule has 4 N–H and O–H groups in total. The highest BCUT2D eigenvalue weighted by Crippen LogP contribution is 2.16. The van der Waals surface area contributed by atoms with E-state index in [1.165, 1.54) is 0 Å². The van der Waals surface area contributed by atoms with Gasteiger partial charge >= 0.3 is 0 Å². The van der Waals surface area contributed by atoms with Gasteiger partial charge in [-0.2, -0.15) is 0 Å². The third kappa shape index (κ3) is 3.62. The third-order valence-electron chi connectivity index (χ3n) is 2.63. The highest BCUT2D eigenvalue weighted by atomic mass is 16.2. The molecule has 2 amide bonds. The first-order valence-electron chi connectivity index (χ1n) is 5.39.